The summed E-state index contributed by atoms with van der Waals surface area (Å²) in [6.45, 7) is 3.81. The van der Waals surface area contributed by atoms with Crippen LogP contribution in [0, 0.1) is 6.92 Å². The summed E-state index contributed by atoms with van der Waals surface area (Å²) in [5.74, 6) is 0. The summed E-state index contributed by atoms with van der Waals surface area (Å²) in [5.41, 5.74) is 2.30. The molecule has 7 heteroatoms. The minimum atomic E-state index is -3.70. The molecule has 20 heavy (non-hydrogen) atoms. The summed E-state index contributed by atoms with van der Waals surface area (Å²) >= 11 is 0. The number of rotatable bonds is 4. The largest absolute Gasteiger partial charge is 0.377 e. The lowest BCUT2D eigenvalue weighted by Crippen LogP contribution is -2.14. The van der Waals surface area contributed by atoms with Crippen molar-refractivity contribution in [1.82, 2.24) is 9.97 Å². The molecule has 0 aliphatic carbocycles. The summed E-state index contributed by atoms with van der Waals surface area (Å²) in [7, 11) is -3.70. The second-order valence-electron chi connectivity index (χ2n) is 4.47. The molecule has 0 radical (unpaired) electrons. The van der Waals surface area contributed by atoms with Crippen molar-refractivity contribution in [2.24, 2.45) is 5.14 Å². The first kappa shape index (κ1) is 14.4. The number of primary sulfonamides is 1. The predicted molar refractivity (Wildman–Crippen MR) is 76.6 cm³/mol. The molecule has 106 valence electrons. The van der Waals surface area contributed by atoms with Gasteiger partial charge in [-0.05, 0) is 32.0 Å². The van der Waals surface area contributed by atoms with Crippen molar-refractivity contribution in [1.29, 1.82) is 0 Å². The average molecular weight is 292 g/mol. The molecule has 3 N–H and O–H groups in total. The van der Waals surface area contributed by atoms with E-state index in [1.165, 1.54) is 12.1 Å². The van der Waals surface area contributed by atoms with Crippen LogP contribution in [0.25, 0.3) is 0 Å². The fraction of sp³-hybridized carbons (Fsp3) is 0.231. The van der Waals surface area contributed by atoms with Crippen LogP contribution in [0.15, 0.2) is 41.6 Å². The van der Waals surface area contributed by atoms with Crippen molar-refractivity contribution < 1.29 is 8.42 Å². The second kappa shape index (κ2) is 5.56. The van der Waals surface area contributed by atoms with E-state index in [2.05, 4.69) is 15.3 Å². The Morgan fingerprint density at radius 2 is 1.95 bits per heavy atom. The third-order valence-electron chi connectivity index (χ3n) is 2.88. The number of nitrogens with one attached hydrogen (secondary N) is 1. The van der Waals surface area contributed by atoms with Gasteiger partial charge in [0.2, 0.25) is 10.0 Å². The Kier molecular flexibility index (Phi) is 4.01. The van der Waals surface area contributed by atoms with E-state index in [0.29, 0.717) is 5.69 Å². The van der Waals surface area contributed by atoms with Crippen LogP contribution in [0.3, 0.4) is 0 Å². The second-order valence-corrected chi connectivity index (χ2v) is 6.03. The maximum atomic E-state index is 11.3. The van der Waals surface area contributed by atoms with Gasteiger partial charge in [-0.2, -0.15) is 0 Å². The van der Waals surface area contributed by atoms with Gasteiger partial charge in [-0.25, -0.2) is 13.6 Å². The maximum absolute atomic E-state index is 11.3. The summed E-state index contributed by atoms with van der Waals surface area (Å²) in [4.78, 5) is 8.53. The molecule has 1 heterocycles. The highest BCUT2D eigenvalue weighted by Gasteiger charge is 2.12. The summed E-state index contributed by atoms with van der Waals surface area (Å²) < 4.78 is 22.6. The molecule has 1 unspecified atom stereocenters. The van der Waals surface area contributed by atoms with Crippen LogP contribution in [0.1, 0.15) is 24.4 Å². The zero-order chi connectivity index (χ0) is 14.8. The zero-order valence-electron chi connectivity index (χ0n) is 11.2. The molecule has 2 rings (SSSR count). The molecule has 2 aromatic rings. The fourth-order valence-corrected chi connectivity index (χ4v) is 2.48. The molecule has 0 bridgehead atoms. The first-order valence-corrected chi connectivity index (χ1v) is 7.59. The highest BCUT2D eigenvalue weighted by Crippen LogP contribution is 2.21. The lowest BCUT2D eigenvalue weighted by atomic mass is 10.2. The van der Waals surface area contributed by atoms with E-state index >= 15 is 0 Å². The standard InChI is InChI=1S/C13H16N4O2S/c1-9-13(16-7-6-15-9)10(2)17-11-4-3-5-12(8-11)20(14,18)19/h3-8,10,17H,1-2H3,(H2,14,18,19). The number of nitrogens with two attached hydrogens (primary N) is 1. The van der Waals surface area contributed by atoms with Crippen molar-refractivity contribution in [3.8, 4) is 0 Å². The van der Waals surface area contributed by atoms with E-state index in [0.717, 1.165) is 11.4 Å². The van der Waals surface area contributed by atoms with Crippen LogP contribution < -0.4 is 10.5 Å². The molecule has 0 aliphatic heterocycles. The topological polar surface area (TPSA) is 98.0 Å². The maximum Gasteiger partial charge on any atom is 0.238 e. The number of aryl methyl sites for hydroxylation is 1. The van der Waals surface area contributed by atoms with Gasteiger partial charge in [0.25, 0.3) is 0 Å². The first-order chi connectivity index (χ1) is 9.38. The quantitative estimate of drug-likeness (QED) is 0.892. The Balaban J connectivity index is 2.25. The van der Waals surface area contributed by atoms with Gasteiger partial charge in [-0.1, -0.05) is 6.07 Å². The molecule has 0 fully saturated rings. The first-order valence-electron chi connectivity index (χ1n) is 6.05. The third-order valence-corrected chi connectivity index (χ3v) is 3.79. The van der Waals surface area contributed by atoms with Crippen molar-refractivity contribution in [3.63, 3.8) is 0 Å². The van der Waals surface area contributed by atoms with Crippen LogP contribution in [0.2, 0.25) is 0 Å². The minimum absolute atomic E-state index is 0.0746. The summed E-state index contributed by atoms with van der Waals surface area (Å²) in [6, 6.07) is 6.27. The van der Waals surface area contributed by atoms with Gasteiger partial charge in [0.15, 0.2) is 0 Å². The Labute approximate surface area is 118 Å². The summed E-state index contributed by atoms with van der Waals surface area (Å²) in [5, 5.41) is 8.30. The van der Waals surface area contributed by atoms with Gasteiger partial charge >= 0.3 is 0 Å². The lowest BCUT2D eigenvalue weighted by Gasteiger charge is -2.16. The number of hydrogen-bond acceptors (Lipinski definition) is 5. The highest BCUT2D eigenvalue weighted by molar-refractivity contribution is 7.89. The predicted octanol–water partition coefficient (Wildman–Crippen LogP) is 1.61. The van der Waals surface area contributed by atoms with Crippen molar-refractivity contribution in [2.75, 3.05) is 5.32 Å². The fourth-order valence-electron chi connectivity index (χ4n) is 1.92. The van der Waals surface area contributed by atoms with Crippen molar-refractivity contribution in [2.45, 2.75) is 24.8 Å². The van der Waals surface area contributed by atoms with Gasteiger partial charge in [0.05, 0.1) is 22.3 Å². The smallest absolute Gasteiger partial charge is 0.238 e. The molecule has 1 atom stereocenters. The number of sulfonamides is 1. The monoisotopic (exact) mass is 292 g/mol. The van der Waals surface area contributed by atoms with Crippen molar-refractivity contribution in [3.05, 3.63) is 48.0 Å². The third kappa shape index (κ3) is 3.31. The van der Waals surface area contributed by atoms with Crippen LogP contribution in [-0.2, 0) is 10.0 Å². The van der Waals surface area contributed by atoms with E-state index in [9.17, 15) is 8.42 Å². The highest BCUT2D eigenvalue weighted by atomic mass is 32.2. The minimum Gasteiger partial charge on any atom is -0.377 e. The number of hydrogen-bond donors (Lipinski definition) is 2. The van der Waals surface area contributed by atoms with Crippen LogP contribution in [0.4, 0.5) is 5.69 Å². The Hall–Kier alpha value is -1.99. The van der Waals surface area contributed by atoms with E-state index in [-0.39, 0.29) is 10.9 Å². The molecule has 0 spiro atoms. The number of nitrogens with zero attached hydrogens (tertiary/aromatic N) is 2. The molecule has 1 aromatic carbocycles. The Morgan fingerprint density at radius 1 is 1.25 bits per heavy atom. The number of anilines is 1. The van der Waals surface area contributed by atoms with Crippen molar-refractivity contribution >= 4 is 15.7 Å². The van der Waals surface area contributed by atoms with Crippen LogP contribution >= 0.6 is 0 Å². The van der Waals surface area contributed by atoms with Crippen LogP contribution in [-0.4, -0.2) is 18.4 Å². The van der Waals surface area contributed by atoms with Gasteiger partial charge in [0, 0.05) is 18.1 Å². The lowest BCUT2D eigenvalue weighted by molar-refractivity contribution is 0.598. The SMILES string of the molecule is Cc1nccnc1C(C)Nc1cccc(S(N)(=O)=O)c1. The molecular formula is C13H16N4O2S. The molecule has 0 saturated heterocycles. The molecular weight excluding hydrogens is 276 g/mol. The van der Waals surface area contributed by atoms with Gasteiger partial charge in [-0.15, -0.1) is 0 Å². The van der Waals surface area contributed by atoms with E-state index in [1.54, 1.807) is 24.5 Å². The summed E-state index contributed by atoms with van der Waals surface area (Å²) in [6.07, 6.45) is 3.26. The van der Waals surface area contributed by atoms with Gasteiger partial charge in [0.1, 0.15) is 0 Å². The molecule has 6 nitrogen and oxygen atoms in total. The average Bonchev–Trinajstić information content (AvgIpc) is 2.38. The van der Waals surface area contributed by atoms with Crippen LogP contribution in [0.5, 0.6) is 0 Å². The number of aromatic nitrogens is 2. The molecule has 0 amide bonds. The Bertz CT molecular complexity index is 716. The zero-order valence-corrected chi connectivity index (χ0v) is 12.1. The van der Waals surface area contributed by atoms with Gasteiger partial charge < -0.3 is 5.32 Å². The van der Waals surface area contributed by atoms with E-state index in [1.807, 2.05) is 13.8 Å². The van der Waals surface area contributed by atoms with E-state index < -0.39 is 10.0 Å². The van der Waals surface area contributed by atoms with E-state index in [4.69, 9.17) is 5.14 Å². The van der Waals surface area contributed by atoms with Gasteiger partial charge in [-0.3, -0.25) is 9.97 Å². The molecule has 0 aliphatic rings. The Morgan fingerprint density at radius 3 is 2.60 bits per heavy atom. The number of benzene rings is 1. The normalized spacial score (nSPS) is 12.9. The molecule has 1 aromatic heterocycles. The molecule has 0 saturated carbocycles.